The van der Waals surface area contributed by atoms with E-state index in [2.05, 4.69) is 32.8 Å². The fourth-order valence-electron chi connectivity index (χ4n) is 3.02. The summed E-state index contributed by atoms with van der Waals surface area (Å²) in [5.74, 6) is 0.702. The monoisotopic (exact) mass is 243 g/mol. The van der Waals surface area contributed by atoms with Gasteiger partial charge in [0.15, 0.2) is 0 Å². The Morgan fingerprint density at radius 2 is 2.33 bits per heavy atom. The molecule has 0 radical (unpaired) electrons. The Bertz CT molecular complexity index is 481. The van der Waals surface area contributed by atoms with Crippen LogP contribution in [0.3, 0.4) is 0 Å². The summed E-state index contributed by atoms with van der Waals surface area (Å²) in [5.41, 5.74) is 0.445. The molecule has 0 aliphatic carbocycles. The van der Waals surface area contributed by atoms with Crippen LogP contribution < -0.4 is 4.90 Å². The average molecular weight is 243 g/mol. The zero-order chi connectivity index (χ0) is 12.5. The van der Waals surface area contributed by atoms with Crippen molar-refractivity contribution in [3.05, 3.63) is 18.0 Å². The molecule has 2 unspecified atom stereocenters. The summed E-state index contributed by atoms with van der Waals surface area (Å²) in [6.07, 6.45) is 4.24. The van der Waals surface area contributed by atoms with Crippen molar-refractivity contribution in [3.63, 3.8) is 0 Å². The third-order valence-corrected chi connectivity index (χ3v) is 3.95. The number of nitriles is 1. The average Bonchev–Trinajstić information content (AvgIpc) is 2.85. The lowest BCUT2D eigenvalue weighted by molar-refractivity contribution is 0.201. The molecule has 94 valence electrons. The second-order valence-electron chi connectivity index (χ2n) is 5.15. The zero-order valence-electron chi connectivity index (χ0n) is 10.6. The second kappa shape index (κ2) is 4.54. The Labute approximate surface area is 107 Å². The Balaban J connectivity index is 1.84. The summed E-state index contributed by atoms with van der Waals surface area (Å²) in [6, 6.07) is 4.78. The predicted molar refractivity (Wildman–Crippen MR) is 68.2 cm³/mol. The molecule has 1 aromatic heterocycles. The fourth-order valence-corrected chi connectivity index (χ4v) is 3.02. The van der Waals surface area contributed by atoms with Crippen LogP contribution in [0.2, 0.25) is 0 Å². The topological polar surface area (TPSA) is 56.0 Å². The van der Waals surface area contributed by atoms with Crippen LogP contribution in [-0.2, 0) is 0 Å². The van der Waals surface area contributed by atoms with Gasteiger partial charge in [-0.3, -0.25) is 4.90 Å². The Morgan fingerprint density at radius 3 is 3.17 bits per heavy atom. The molecule has 0 bridgehead atoms. The Morgan fingerprint density at radius 1 is 1.44 bits per heavy atom. The smallest absolute Gasteiger partial charge is 0.226 e. The van der Waals surface area contributed by atoms with Gasteiger partial charge in [-0.15, -0.1) is 0 Å². The van der Waals surface area contributed by atoms with Crippen LogP contribution in [0.1, 0.15) is 25.5 Å². The predicted octanol–water partition coefficient (Wildman–Crippen LogP) is 1.02. The van der Waals surface area contributed by atoms with Gasteiger partial charge < -0.3 is 4.90 Å². The highest BCUT2D eigenvalue weighted by Crippen LogP contribution is 2.26. The van der Waals surface area contributed by atoms with E-state index in [0.29, 0.717) is 23.7 Å². The van der Waals surface area contributed by atoms with Crippen molar-refractivity contribution in [2.45, 2.75) is 31.8 Å². The lowest BCUT2D eigenvalue weighted by atomic mass is 10.1. The van der Waals surface area contributed by atoms with Gasteiger partial charge in [0, 0.05) is 31.4 Å². The molecule has 0 spiro atoms. The number of nitrogens with zero attached hydrogens (tertiary/aromatic N) is 5. The van der Waals surface area contributed by atoms with Crippen molar-refractivity contribution in [2.75, 3.05) is 24.5 Å². The maximum atomic E-state index is 8.91. The van der Waals surface area contributed by atoms with Crippen molar-refractivity contribution in [1.29, 1.82) is 5.26 Å². The normalized spacial score (nSPS) is 27.9. The maximum absolute atomic E-state index is 8.91. The van der Waals surface area contributed by atoms with Crippen molar-refractivity contribution >= 4 is 5.95 Å². The first-order valence-electron chi connectivity index (χ1n) is 6.52. The van der Waals surface area contributed by atoms with Crippen LogP contribution >= 0.6 is 0 Å². The molecule has 2 fully saturated rings. The van der Waals surface area contributed by atoms with E-state index in [9.17, 15) is 0 Å². The molecule has 18 heavy (non-hydrogen) atoms. The third-order valence-electron chi connectivity index (χ3n) is 3.95. The van der Waals surface area contributed by atoms with Gasteiger partial charge in [0.25, 0.3) is 0 Å². The SMILES string of the molecule is CC1CN2CCCC2CN1c1nccc(C#N)n1. The molecule has 3 rings (SSSR count). The number of hydrogen-bond acceptors (Lipinski definition) is 5. The van der Waals surface area contributed by atoms with E-state index in [4.69, 9.17) is 5.26 Å². The van der Waals surface area contributed by atoms with E-state index in [1.807, 2.05) is 0 Å². The van der Waals surface area contributed by atoms with Crippen LogP contribution in [0.15, 0.2) is 12.3 Å². The van der Waals surface area contributed by atoms with Gasteiger partial charge in [-0.25, -0.2) is 9.97 Å². The van der Waals surface area contributed by atoms with Gasteiger partial charge >= 0.3 is 0 Å². The molecule has 0 saturated carbocycles. The minimum absolute atomic E-state index is 0.410. The second-order valence-corrected chi connectivity index (χ2v) is 5.15. The van der Waals surface area contributed by atoms with E-state index in [-0.39, 0.29) is 0 Å². The van der Waals surface area contributed by atoms with Crippen LogP contribution in [0.5, 0.6) is 0 Å². The molecule has 2 aliphatic rings. The molecule has 0 N–H and O–H groups in total. The van der Waals surface area contributed by atoms with Crippen LogP contribution in [0.4, 0.5) is 5.95 Å². The van der Waals surface area contributed by atoms with E-state index in [0.717, 1.165) is 13.1 Å². The largest absolute Gasteiger partial charge is 0.335 e. The molecule has 2 saturated heterocycles. The number of rotatable bonds is 1. The summed E-state index contributed by atoms with van der Waals surface area (Å²) in [5, 5.41) is 8.91. The molecule has 0 aromatic carbocycles. The summed E-state index contributed by atoms with van der Waals surface area (Å²) in [6.45, 7) is 5.49. The number of anilines is 1. The van der Waals surface area contributed by atoms with Crippen molar-refractivity contribution in [3.8, 4) is 6.07 Å². The molecule has 0 amide bonds. The standard InChI is InChI=1S/C13H17N5/c1-10-8-17-6-2-3-12(17)9-18(10)13-15-5-4-11(7-14)16-13/h4-5,10,12H,2-3,6,8-9H2,1H3. The first-order valence-corrected chi connectivity index (χ1v) is 6.52. The molecule has 5 nitrogen and oxygen atoms in total. The van der Waals surface area contributed by atoms with Gasteiger partial charge in [-0.05, 0) is 32.4 Å². The molecule has 2 aliphatic heterocycles. The Kier molecular flexibility index (Phi) is 2.88. The van der Waals surface area contributed by atoms with Crippen LogP contribution in [0.25, 0.3) is 0 Å². The highest BCUT2D eigenvalue weighted by molar-refractivity contribution is 5.36. The highest BCUT2D eigenvalue weighted by Gasteiger charge is 2.35. The van der Waals surface area contributed by atoms with Crippen LogP contribution in [-0.4, -0.2) is 46.6 Å². The number of hydrogen-bond donors (Lipinski definition) is 0. The van der Waals surface area contributed by atoms with E-state index >= 15 is 0 Å². The lowest BCUT2D eigenvalue weighted by Crippen LogP contribution is -2.55. The summed E-state index contributed by atoms with van der Waals surface area (Å²) in [4.78, 5) is 13.4. The first kappa shape index (κ1) is 11.4. The Hall–Kier alpha value is -1.67. The summed E-state index contributed by atoms with van der Waals surface area (Å²) in [7, 11) is 0. The number of piperazine rings is 1. The van der Waals surface area contributed by atoms with Gasteiger partial charge in [-0.1, -0.05) is 0 Å². The minimum atomic E-state index is 0.410. The zero-order valence-corrected chi connectivity index (χ0v) is 10.6. The summed E-state index contributed by atoms with van der Waals surface area (Å²) < 4.78 is 0. The molecular weight excluding hydrogens is 226 g/mol. The van der Waals surface area contributed by atoms with Crippen LogP contribution in [0, 0.1) is 11.3 Å². The van der Waals surface area contributed by atoms with E-state index < -0.39 is 0 Å². The highest BCUT2D eigenvalue weighted by atomic mass is 15.4. The van der Waals surface area contributed by atoms with Crippen molar-refractivity contribution in [1.82, 2.24) is 14.9 Å². The fraction of sp³-hybridized carbons (Fsp3) is 0.615. The van der Waals surface area contributed by atoms with Gasteiger partial charge in [0.05, 0.1) is 0 Å². The molecule has 1 aromatic rings. The quantitative estimate of drug-likeness (QED) is 0.737. The lowest BCUT2D eigenvalue weighted by Gasteiger charge is -2.42. The number of aromatic nitrogens is 2. The third kappa shape index (κ3) is 1.93. The van der Waals surface area contributed by atoms with E-state index in [1.165, 1.54) is 19.4 Å². The molecular formula is C13H17N5. The molecule has 3 heterocycles. The van der Waals surface area contributed by atoms with E-state index in [1.54, 1.807) is 12.3 Å². The summed E-state index contributed by atoms with van der Waals surface area (Å²) >= 11 is 0. The minimum Gasteiger partial charge on any atom is -0.335 e. The molecule has 5 heteroatoms. The van der Waals surface area contributed by atoms with Gasteiger partial charge in [0.1, 0.15) is 11.8 Å². The first-order chi connectivity index (χ1) is 8.78. The van der Waals surface area contributed by atoms with Crippen molar-refractivity contribution < 1.29 is 0 Å². The van der Waals surface area contributed by atoms with Gasteiger partial charge in [0.2, 0.25) is 5.95 Å². The molecule has 2 atom stereocenters. The maximum Gasteiger partial charge on any atom is 0.226 e. The van der Waals surface area contributed by atoms with Crippen molar-refractivity contribution in [2.24, 2.45) is 0 Å². The number of fused-ring (bicyclic) bond motifs is 1. The van der Waals surface area contributed by atoms with Gasteiger partial charge in [-0.2, -0.15) is 5.26 Å².